The maximum atomic E-state index is 9.37. The lowest BCUT2D eigenvalue weighted by Crippen LogP contribution is -2.63. The summed E-state index contributed by atoms with van der Waals surface area (Å²) < 4.78 is 17.2. The first-order valence-electron chi connectivity index (χ1n) is 7.17. The van der Waals surface area contributed by atoms with E-state index in [1.165, 1.54) is 0 Å². The molecule has 3 aliphatic rings. The Kier molecular flexibility index (Phi) is 4.83. The third-order valence-electron chi connectivity index (χ3n) is 3.88. The maximum Gasteiger partial charge on any atom is 0.305 e. The van der Waals surface area contributed by atoms with Gasteiger partial charge in [-0.25, -0.2) is 0 Å². The minimum absolute atomic E-state index is 0.320. The van der Waals surface area contributed by atoms with E-state index in [0.717, 1.165) is 25.7 Å². The zero-order chi connectivity index (χ0) is 14.5. The topological polar surface area (TPSA) is 51.5 Å². The molecule has 3 rings (SSSR count). The molecule has 1 atom stereocenters. The predicted molar refractivity (Wildman–Crippen MR) is 74.3 cm³/mol. The summed E-state index contributed by atoms with van der Waals surface area (Å²) in [6, 6.07) is 2.26. The molecule has 0 radical (unpaired) electrons. The van der Waals surface area contributed by atoms with Crippen LogP contribution in [0.15, 0.2) is 12.2 Å². The second-order valence-electron chi connectivity index (χ2n) is 5.42. The number of ether oxygens (including phenoxy) is 3. The van der Waals surface area contributed by atoms with E-state index in [9.17, 15) is 5.26 Å². The standard InChI is InChI=1S/C16H21NO3/c1-3-5-7-8-10-16-18-12-15(13-19-16,9-6-4-2)14(11-17)20-16/h1,8,10,14H,4-7,9,12-13H2,2H3/b10-8+. The van der Waals surface area contributed by atoms with Gasteiger partial charge >= 0.3 is 5.97 Å². The maximum absolute atomic E-state index is 9.37. The van der Waals surface area contributed by atoms with Gasteiger partial charge in [-0.1, -0.05) is 25.8 Å². The van der Waals surface area contributed by atoms with Crippen molar-refractivity contribution in [1.29, 1.82) is 5.26 Å². The van der Waals surface area contributed by atoms with Gasteiger partial charge in [-0.3, -0.25) is 0 Å². The second-order valence-corrected chi connectivity index (χ2v) is 5.42. The van der Waals surface area contributed by atoms with Gasteiger partial charge in [0.15, 0.2) is 6.10 Å². The number of fused-ring (bicyclic) bond motifs is 3. The van der Waals surface area contributed by atoms with Crippen molar-refractivity contribution in [3.05, 3.63) is 12.2 Å². The molecule has 3 fully saturated rings. The lowest BCUT2D eigenvalue weighted by molar-refractivity contribution is -0.458. The van der Waals surface area contributed by atoms with Crippen molar-refractivity contribution >= 4 is 0 Å². The summed E-state index contributed by atoms with van der Waals surface area (Å²) in [6.07, 6.45) is 12.8. The highest BCUT2D eigenvalue weighted by molar-refractivity contribution is 5.09. The summed E-state index contributed by atoms with van der Waals surface area (Å²) in [6.45, 7) is 3.14. The molecule has 4 heteroatoms. The fourth-order valence-corrected chi connectivity index (χ4v) is 2.58. The number of rotatable bonds is 6. The minimum Gasteiger partial charge on any atom is -0.323 e. The van der Waals surface area contributed by atoms with Gasteiger partial charge in [0.25, 0.3) is 0 Å². The SMILES string of the molecule is C#CCC/C=C/C12OCC(CCCC)(CO1)C(C#N)O2. The molecular formula is C16H21NO3. The molecule has 0 N–H and O–H groups in total. The fourth-order valence-electron chi connectivity index (χ4n) is 2.58. The number of hydrogen-bond acceptors (Lipinski definition) is 4. The Morgan fingerprint density at radius 1 is 1.40 bits per heavy atom. The first kappa shape index (κ1) is 15.1. The van der Waals surface area contributed by atoms with Gasteiger partial charge in [-0.2, -0.15) is 5.26 Å². The van der Waals surface area contributed by atoms with Crippen LogP contribution in [0.5, 0.6) is 0 Å². The second kappa shape index (κ2) is 6.41. The largest absolute Gasteiger partial charge is 0.323 e. The lowest BCUT2D eigenvalue weighted by Gasteiger charge is -2.53. The molecule has 20 heavy (non-hydrogen) atoms. The smallest absolute Gasteiger partial charge is 0.305 e. The summed E-state index contributed by atoms with van der Waals surface area (Å²) in [5.41, 5.74) is -0.320. The first-order valence-corrected chi connectivity index (χ1v) is 7.17. The average Bonchev–Trinajstić information content (AvgIpc) is 2.51. The number of nitriles is 1. The van der Waals surface area contributed by atoms with Crippen LogP contribution in [0.4, 0.5) is 0 Å². The van der Waals surface area contributed by atoms with Gasteiger partial charge in [0.2, 0.25) is 0 Å². The van der Waals surface area contributed by atoms with Crippen molar-refractivity contribution < 1.29 is 14.2 Å². The van der Waals surface area contributed by atoms with Crippen LogP contribution in [0.3, 0.4) is 0 Å². The average molecular weight is 275 g/mol. The van der Waals surface area contributed by atoms with Crippen LogP contribution >= 0.6 is 0 Å². The molecule has 0 saturated carbocycles. The summed E-state index contributed by atoms with van der Waals surface area (Å²) in [5, 5.41) is 9.37. The molecule has 3 saturated heterocycles. The summed E-state index contributed by atoms with van der Waals surface area (Å²) in [5.74, 6) is 1.38. The van der Waals surface area contributed by atoms with Gasteiger partial charge in [0.05, 0.1) is 24.7 Å². The Bertz CT molecular complexity index is 436. The third-order valence-corrected chi connectivity index (χ3v) is 3.88. The van der Waals surface area contributed by atoms with E-state index in [0.29, 0.717) is 19.6 Å². The molecule has 0 amide bonds. The zero-order valence-electron chi connectivity index (χ0n) is 11.9. The summed E-state index contributed by atoms with van der Waals surface area (Å²) >= 11 is 0. The van der Waals surface area contributed by atoms with Gasteiger partial charge in [0.1, 0.15) is 0 Å². The van der Waals surface area contributed by atoms with Crippen LogP contribution in [0.25, 0.3) is 0 Å². The van der Waals surface area contributed by atoms with Crippen molar-refractivity contribution in [3.8, 4) is 18.4 Å². The van der Waals surface area contributed by atoms with E-state index in [-0.39, 0.29) is 5.41 Å². The first-order chi connectivity index (χ1) is 9.70. The number of allylic oxidation sites excluding steroid dienone is 1. The molecule has 4 nitrogen and oxygen atoms in total. The van der Waals surface area contributed by atoms with Crippen LogP contribution in [0.2, 0.25) is 0 Å². The Balaban J connectivity index is 2.05. The van der Waals surface area contributed by atoms with Crippen molar-refractivity contribution in [2.75, 3.05) is 13.2 Å². The van der Waals surface area contributed by atoms with Crippen molar-refractivity contribution in [2.45, 2.75) is 51.1 Å². The Hall–Kier alpha value is -1.33. The number of terminal acetylenes is 1. The van der Waals surface area contributed by atoms with Gasteiger partial charge in [-0.05, 0) is 12.8 Å². The van der Waals surface area contributed by atoms with E-state index in [4.69, 9.17) is 20.6 Å². The Morgan fingerprint density at radius 3 is 2.75 bits per heavy atom. The third kappa shape index (κ3) is 2.88. The van der Waals surface area contributed by atoms with E-state index < -0.39 is 12.1 Å². The van der Waals surface area contributed by atoms with Crippen LogP contribution < -0.4 is 0 Å². The minimum atomic E-state index is -1.19. The highest BCUT2D eigenvalue weighted by atomic mass is 16.9. The molecule has 0 aromatic carbocycles. The van der Waals surface area contributed by atoms with Crippen molar-refractivity contribution in [2.24, 2.45) is 5.41 Å². The van der Waals surface area contributed by atoms with Crippen LogP contribution in [-0.2, 0) is 14.2 Å². The molecule has 2 bridgehead atoms. The summed E-state index contributed by atoms with van der Waals surface area (Å²) in [7, 11) is 0. The Morgan fingerprint density at radius 2 is 2.15 bits per heavy atom. The molecule has 3 heterocycles. The van der Waals surface area contributed by atoms with Crippen molar-refractivity contribution in [1.82, 2.24) is 0 Å². The van der Waals surface area contributed by atoms with E-state index in [2.05, 4.69) is 18.9 Å². The Labute approximate surface area is 120 Å². The molecule has 3 aliphatic heterocycles. The van der Waals surface area contributed by atoms with Crippen LogP contribution in [0, 0.1) is 29.1 Å². The molecule has 0 aromatic heterocycles. The highest BCUT2D eigenvalue weighted by Crippen LogP contribution is 2.46. The van der Waals surface area contributed by atoms with Crippen LogP contribution in [-0.4, -0.2) is 25.3 Å². The van der Waals surface area contributed by atoms with Crippen molar-refractivity contribution in [3.63, 3.8) is 0 Å². The quantitative estimate of drug-likeness (QED) is 0.425. The fraction of sp³-hybridized carbons (Fsp3) is 0.688. The number of nitrogens with zero attached hydrogens (tertiary/aromatic N) is 1. The molecule has 0 spiro atoms. The summed E-state index contributed by atoms with van der Waals surface area (Å²) in [4.78, 5) is 0. The molecular weight excluding hydrogens is 254 g/mol. The normalized spacial score (nSPS) is 35.9. The van der Waals surface area contributed by atoms with E-state index >= 15 is 0 Å². The van der Waals surface area contributed by atoms with E-state index in [1.807, 2.05) is 6.08 Å². The van der Waals surface area contributed by atoms with E-state index in [1.54, 1.807) is 6.08 Å². The molecule has 0 aliphatic carbocycles. The molecule has 1 unspecified atom stereocenters. The highest BCUT2D eigenvalue weighted by Gasteiger charge is 2.57. The lowest BCUT2D eigenvalue weighted by atomic mass is 9.77. The monoisotopic (exact) mass is 275 g/mol. The van der Waals surface area contributed by atoms with Gasteiger partial charge in [0, 0.05) is 12.5 Å². The molecule has 0 aromatic rings. The van der Waals surface area contributed by atoms with Gasteiger partial charge < -0.3 is 14.2 Å². The molecule has 108 valence electrons. The predicted octanol–water partition coefficient (Wildman–Crippen LogP) is 2.76. The zero-order valence-corrected chi connectivity index (χ0v) is 11.9. The number of hydrogen-bond donors (Lipinski definition) is 0. The van der Waals surface area contributed by atoms with Crippen LogP contribution in [0.1, 0.15) is 39.0 Å². The number of unbranched alkanes of at least 4 members (excludes halogenated alkanes) is 2. The van der Waals surface area contributed by atoms with Gasteiger partial charge in [-0.15, -0.1) is 12.3 Å².